The van der Waals surface area contributed by atoms with E-state index in [-0.39, 0.29) is 0 Å². The van der Waals surface area contributed by atoms with Crippen LogP contribution in [0.2, 0.25) is 0 Å². The molecule has 2 N–H and O–H groups in total. The molecule has 2 atom stereocenters. The lowest BCUT2D eigenvalue weighted by molar-refractivity contribution is 0.528. The van der Waals surface area contributed by atoms with E-state index >= 15 is 0 Å². The van der Waals surface area contributed by atoms with Gasteiger partial charge in [0.1, 0.15) is 0 Å². The van der Waals surface area contributed by atoms with Crippen molar-refractivity contribution >= 4 is 17.3 Å². The molecule has 0 aromatic carbocycles. The summed E-state index contributed by atoms with van der Waals surface area (Å²) >= 11 is 5.16. The standard InChI is InChI=1S/C11H24N2S/c1-5-9(3)7-12-11(14)13-8-10(4)6-2/h9-10H,5-8H2,1-4H3,(H2,12,13,14). The molecule has 0 aliphatic rings. The molecule has 0 aromatic rings. The summed E-state index contributed by atoms with van der Waals surface area (Å²) in [7, 11) is 0. The number of hydrogen-bond acceptors (Lipinski definition) is 1. The van der Waals surface area contributed by atoms with Crippen molar-refractivity contribution in [3.8, 4) is 0 Å². The van der Waals surface area contributed by atoms with E-state index < -0.39 is 0 Å². The first-order chi connectivity index (χ1) is 6.60. The molecule has 0 aromatic heterocycles. The molecule has 2 nitrogen and oxygen atoms in total. The van der Waals surface area contributed by atoms with Crippen LogP contribution in [0.3, 0.4) is 0 Å². The average Bonchev–Trinajstić information content (AvgIpc) is 2.22. The van der Waals surface area contributed by atoms with Crippen molar-refractivity contribution in [3.63, 3.8) is 0 Å². The highest BCUT2D eigenvalue weighted by molar-refractivity contribution is 7.80. The molecule has 0 fully saturated rings. The molecule has 14 heavy (non-hydrogen) atoms. The summed E-state index contributed by atoms with van der Waals surface area (Å²) in [5.74, 6) is 1.39. The lowest BCUT2D eigenvalue weighted by Gasteiger charge is -2.15. The van der Waals surface area contributed by atoms with Gasteiger partial charge in [-0.05, 0) is 24.1 Å². The molecule has 0 amide bonds. The van der Waals surface area contributed by atoms with Crippen LogP contribution in [0.25, 0.3) is 0 Å². The summed E-state index contributed by atoms with van der Waals surface area (Å²) in [4.78, 5) is 0. The third-order valence-corrected chi connectivity index (χ3v) is 2.90. The highest BCUT2D eigenvalue weighted by Crippen LogP contribution is 1.98. The van der Waals surface area contributed by atoms with Crippen molar-refractivity contribution in [3.05, 3.63) is 0 Å². The van der Waals surface area contributed by atoms with E-state index in [4.69, 9.17) is 12.2 Å². The molecule has 0 radical (unpaired) electrons. The maximum Gasteiger partial charge on any atom is 0.166 e. The molecule has 0 heterocycles. The maximum atomic E-state index is 5.16. The molecule has 3 heteroatoms. The predicted octanol–water partition coefficient (Wildman–Crippen LogP) is 2.54. The quantitative estimate of drug-likeness (QED) is 0.667. The Bertz CT molecular complexity index is 143. The van der Waals surface area contributed by atoms with Crippen molar-refractivity contribution in [2.45, 2.75) is 40.5 Å². The summed E-state index contributed by atoms with van der Waals surface area (Å²) in [5, 5.41) is 7.26. The Balaban J connectivity index is 3.46. The van der Waals surface area contributed by atoms with Gasteiger partial charge in [-0.15, -0.1) is 0 Å². The van der Waals surface area contributed by atoms with E-state index in [0.717, 1.165) is 18.2 Å². The second-order valence-corrected chi connectivity index (χ2v) is 4.53. The molecule has 2 unspecified atom stereocenters. The van der Waals surface area contributed by atoms with Crippen LogP contribution in [0.4, 0.5) is 0 Å². The number of hydrogen-bond donors (Lipinski definition) is 2. The molecule has 0 aliphatic heterocycles. The Hall–Kier alpha value is -0.310. The van der Waals surface area contributed by atoms with Gasteiger partial charge in [-0.1, -0.05) is 40.5 Å². The first-order valence-corrected chi connectivity index (χ1v) is 6.02. The van der Waals surface area contributed by atoms with Crippen LogP contribution in [-0.4, -0.2) is 18.2 Å². The second kappa shape index (κ2) is 8.04. The van der Waals surface area contributed by atoms with Crippen LogP contribution >= 0.6 is 12.2 Å². The van der Waals surface area contributed by atoms with E-state index in [1.54, 1.807) is 0 Å². The molecule has 0 bridgehead atoms. The first kappa shape index (κ1) is 13.7. The van der Waals surface area contributed by atoms with Gasteiger partial charge >= 0.3 is 0 Å². The van der Waals surface area contributed by atoms with Crippen LogP contribution in [0.1, 0.15) is 40.5 Å². The third-order valence-electron chi connectivity index (χ3n) is 2.62. The predicted molar refractivity (Wildman–Crippen MR) is 67.5 cm³/mol. The zero-order chi connectivity index (χ0) is 11.0. The Kier molecular flexibility index (Phi) is 7.86. The topological polar surface area (TPSA) is 24.1 Å². The van der Waals surface area contributed by atoms with E-state index in [1.165, 1.54) is 12.8 Å². The largest absolute Gasteiger partial charge is 0.362 e. The molecule has 84 valence electrons. The minimum absolute atomic E-state index is 0.693. The van der Waals surface area contributed by atoms with Gasteiger partial charge in [-0.25, -0.2) is 0 Å². The zero-order valence-electron chi connectivity index (χ0n) is 9.89. The zero-order valence-corrected chi connectivity index (χ0v) is 10.7. The summed E-state index contributed by atoms with van der Waals surface area (Å²) in [6.07, 6.45) is 2.39. The fourth-order valence-electron chi connectivity index (χ4n) is 0.885. The van der Waals surface area contributed by atoms with Gasteiger partial charge in [0, 0.05) is 13.1 Å². The molecular weight excluding hydrogens is 192 g/mol. The van der Waals surface area contributed by atoms with Crippen molar-refractivity contribution < 1.29 is 0 Å². The van der Waals surface area contributed by atoms with Crippen LogP contribution in [0.15, 0.2) is 0 Å². The van der Waals surface area contributed by atoms with Gasteiger partial charge in [0.05, 0.1) is 0 Å². The summed E-state index contributed by atoms with van der Waals surface area (Å²) in [6.45, 7) is 10.8. The van der Waals surface area contributed by atoms with Crippen LogP contribution < -0.4 is 10.6 Å². The lowest BCUT2D eigenvalue weighted by Crippen LogP contribution is -2.39. The minimum Gasteiger partial charge on any atom is -0.362 e. The SMILES string of the molecule is CCC(C)CNC(=S)NCC(C)CC. The molecule has 0 aliphatic carbocycles. The van der Waals surface area contributed by atoms with Crippen molar-refractivity contribution in [2.75, 3.05) is 13.1 Å². The average molecular weight is 216 g/mol. The maximum absolute atomic E-state index is 5.16. The van der Waals surface area contributed by atoms with E-state index in [2.05, 4.69) is 38.3 Å². The summed E-state index contributed by atoms with van der Waals surface area (Å²) in [5.41, 5.74) is 0. The molecule has 0 rings (SSSR count). The number of rotatable bonds is 6. The van der Waals surface area contributed by atoms with Crippen molar-refractivity contribution in [2.24, 2.45) is 11.8 Å². The van der Waals surface area contributed by atoms with Gasteiger partial charge in [-0.3, -0.25) is 0 Å². The van der Waals surface area contributed by atoms with Gasteiger partial charge in [0.15, 0.2) is 5.11 Å². The normalized spacial score (nSPS) is 14.6. The van der Waals surface area contributed by atoms with Gasteiger partial charge in [0.25, 0.3) is 0 Å². The van der Waals surface area contributed by atoms with Crippen molar-refractivity contribution in [1.29, 1.82) is 0 Å². The van der Waals surface area contributed by atoms with E-state index in [1.807, 2.05) is 0 Å². The van der Waals surface area contributed by atoms with E-state index in [9.17, 15) is 0 Å². The van der Waals surface area contributed by atoms with Crippen molar-refractivity contribution in [1.82, 2.24) is 10.6 Å². The fourth-order valence-corrected chi connectivity index (χ4v) is 1.05. The Morgan fingerprint density at radius 3 is 1.64 bits per heavy atom. The highest BCUT2D eigenvalue weighted by atomic mass is 32.1. The Labute approximate surface area is 93.8 Å². The molecule has 0 saturated carbocycles. The first-order valence-electron chi connectivity index (χ1n) is 5.61. The lowest BCUT2D eigenvalue weighted by atomic mass is 10.1. The van der Waals surface area contributed by atoms with Crippen LogP contribution in [0.5, 0.6) is 0 Å². The molecule has 0 spiro atoms. The summed E-state index contributed by atoms with van der Waals surface area (Å²) < 4.78 is 0. The van der Waals surface area contributed by atoms with Gasteiger partial charge in [0.2, 0.25) is 0 Å². The van der Waals surface area contributed by atoms with Gasteiger partial charge in [-0.2, -0.15) is 0 Å². The highest BCUT2D eigenvalue weighted by Gasteiger charge is 2.02. The smallest absolute Gasteiger partial charge is 0.166 e. The monoisotopic (exact) mass is 216 g/mol. The number of thiocarbonyl (C=S) groups is 1. The Morgan fingerprint density at radius 2 is 1.36 bits per heavy atom. The molecule has 0 saturated heterocycles. The minimum atomic E-state index is 0.693. The second-order valence-electron chi connectivity index (χ2n) is 4.12. The fraction of sp³-hybridized carbons (Fsp3) is 0.909. The Morgan fingerprint density at radius 1 is 1.00 bits per heavy atom. The van der Waals surface area contributed by atoms with Crippen LogP contribution in [-0.2, 0) is 0 Å². The summed E-state index contributed by atoms with van der Waals surface area (Å²) in [6, 6.07) is 0. The van der Waals surface area contributed by atoms with Gasteiger partial charge < -0.3 is 10.6 Å². The molecular formula is C11H24N2S. The third kappa shape index (κ3) is 7.13. The van der Waals surface area contributed by atoms with E-state index in [0.29, 0.717) is 11.8 Å². The number of nitrogens with one attached hydrogen (secondary N) is 2. The van der Waals surface area contributed by atoms with Crippen LogP contribution in [0, 0.1) is 11.8 Å².